The van der Waals surface area contributed by atoms with Crippen LogP contribution in [-0.4, -0.2) is 29.4 Å². The number of likely N-dealkylation sites (N-methyl/N-ethyl adjacent to an activating group) is 1. The molecule has 0 radical (unpaired) electrons. The predicted octanol–water partition coefficient (Wildman–Crippen LogP) is 0.00350. The molecule has 2 N–H and O–H groups in total. The van der Waals surface area contributed by atoms with E-state index >= 15 is 0 Å². The van der Waals surface area contributed by atoms with Gasteiger partial charge in [-0.15, -0.1) is 0 Å². The van der Waals surface area contributed by atoms with Crippen LogP contribution in [0, 0.1) is 0 Å². The summed E-state index contributed by atoms with van der Waals surface area (Å²) in [6.45, 7) is 0.350. The fourth-order valence-corrected chi connectivity index (χ4v) is 2.65. The maximum absolute atomic E-state index is 12.1. The number of fused-ring (bicyclic) bond motifs is 1. The highest BCUT2D eigenvalue weighted by Crippen LogP contribution is 2.10. The molecule has 1 atom stereocenters. The summed E-state index contributed by atoms with van der Waals surface area (Å²) < 4.78 is 1.77. The second-order valence-corrected chi connectivity index (χ2v) is 4.98. The molecule has 5 nitrogen and oxygen atoms in total. The smallest absolute Gasteiger partial charge is 0.310 e. The first kappa shape index (κ1) is 12.9. The van der Waals surface area contributed by atoms with Crippen LogP contribution < -0.4 is 15.7 Å². The third-order valence-electron chi connectivity index (χ3n) is 2.61. The number of hydrogen-bond acceptors (Lipinski definition) is 5. The summed E-state index contributed by atoms with van der Waals surface area (Å²) >= 11 is 1.02. The lowest BCUT2D eigenvalue weighted by Gasteiger charge is -2.11. The molecule has 0 aliphatic rings. The highest BCUT2D eigenvalue weighted by Gasteiger charge is 2.11. The Morgan fingerprint density at radius 1 is 1.39 bits per heavy atom. The van der Waals surface area contributed by atoms with E-state index in [1.807, 2.05) is 0 Å². The number of benzene rings is 1. The molecule has 0 spiro atoms. The molecule has 1 unspecified atom stereocenters. The van der Waals surface area contributed by atoms with Crippen molar-refractivity contribution in [2.45, 2.75) is 12.6 Å². The zero-order chi connectivity index (χ0) is 13.1. The summed E-state index contributed by atoms with van der Waals surface area (Å²) in [4.78, 5) is 23.6. The van der Waals surface area contributed by atoms with Crippen LogP contribution in [0.25, 0.3) is 10.1 Å². The molecule has 0 aliphatic carbocycles. The molecule has 0 amide bonds. The number of aromatic nitrogens is 1. The van der Waals surface area contributed by atoms with Crippen LogP contribution in [0.15, 0.2) is 33.9 Å². The third kappa shape index (κ3) is 2.50. The summed E-state index contributed by atoms with van der Waals surface area (Å²) in [5.74, 6) is 0. The third-order valence-corrected chi connectivity index (χ3v) is 3.58. The van der Waals surface area contributed by atoms with Gasteiger partial charge in [0.15, 0.2) is 0 Å². The van der Waals surface area contributed by atoms with Crippen molar-refractivity contribution in [1.29, 1.82) is 0 Å². The number of nitrogens with one attached hydrogen (secondary N) is 1. The predicted molar refractivity (Wildman–Crippen MR) is 72.3 cm³/mol. The molecule has 1 aromatic carbocycles. The molecule has 1 aromatic heterocycles. The first-order valence-corrected chi connectivity index (χ1v) is 6.40. The van der Waals surface area contributed by atoms with Gasteiger partial charge in [-0.2, -0.15) is 0 Å². The van der Waals surface area contributed by atoms with E-state index in [1.54, 1.807) is 31.3 Å². The molecule has 2 aromatic rings. The van der Waals surface area contributed by atoms with E-state index in [-0.39, 0.29) is 17.0 Å². The Labute approximate surface area is 107 Å². The van der Waals surface area contributed by atoms with Crippen LogP contribution in [0.2, 0.25) is 0 Å². The molecular formula is C12H14N2O3S. The first-order chi connectivity index (χ1) is 8.63. The average molecular weight is 266 g/mol. The minimum Gasteiger partial charge on any atom is -0.390 e. The summed E-state index contributed by atoms with van der Waals surface area (Å²) in [5, 5.41) is 13.0. The van der Waals surface area contributed by atoms with Gasteiger partial charge >= 0.3 is 4.87 Å². The number of aliphatic hydroxyl groups is 1. The Balaban J connectivity index is 2.51. The van der Waals surface area contributed by atoms with E-state index in [1.165, 1.54) is 0 Å². The van der Waals surface area contributed by atoms with E-state index in [2.05, 4.69) is 5.32 Å². The maximum atomic E-state index is 12.1. The number of aliphatic hydroxyl groups excluding tert-OH is 1. The van der Waals surface area contributed by atoms with Crippen molar-refractivity contribution in [3.63, 3.8) is 0 Å². The zero-order valence-electron chi connectivity index (χ0n) is 9.92. The molecule has 96 valence electrons. The van der Waals surface area contributed by atoms with Crippen LogP contribution in [0.4, 0.5) is 0 Å². The van der Waals surface area contributed by atoms with Crippen molar-refractivity contribution in [1.82, 2.24) is 9.88 Å². The number of rotatable bonds is 4. The van der Waals surface area contributed by atoms with Gasteiger partial charge in [-0.05, 0) is 19.2 Å². The van der Waals surface area contributed by atoms with Gasteiger partial charge in [0.05, 0.1) is 18.0 Å². The van der Waals surface area contributed by atoms with Crippen molar-refractivity contribution in [3.05, 3.63) is 44.3 Å². The molecular weight excluding hydrogens is 252 g/mol. The van der Waals surface area contributed by atoms with Gasteiger partial charge in [0.2, 0.25) is 0 Å². The Morgan fingerprint density at radius 3 is 2.83 bits per heavy atom. The topological polar surface area (TPSA) is 71.3 Å². The highest BCUT2D eigenvalue weighted by molar-refractivity contribution is 7.16. The monoisotopic (exact) mass is 266 g/mol. The van der Waals surface area contributed by atoms with Crippen molar-refractivity contribution >= 4 is 21.4 Å². The molecule has 0 saturated heterocycles. The lowest BCUT2D eigenvalue weighted by atomic mass is 10.3. The summed E-state index contributed by atoms with van der Waals surface area (Å²) in [6, 6.07) is 6.99. The molecule has 6 heteroatoms. The Kier molecular flexibility index (Phi) is 3.90. The molecule has 1 heterocycles. The molecule has 0 saturated carbocycles. The molecule has 0 fully saturated rings. The number of nitrogens with zero attached hydrogens (tertiary/aromatic N) is 1. The fourth-order valence-electron chi connectivity index (χ4n) is 1.78. The molecule has 18 heavy (non-hydrogen) atoms. The molecule has 0 bridgehead atoms. The lowest BCUT2D eigenvalue weighted by Crippen LogP contribution is -2.38. The Bertz CT molecular complexity index is 662. The van der Waals surface area contributed by atoms with E-state index in [0.717, 1.165) is 15.9 Å². The van der Waals surface area contributed by atoms with Crippen LogP contribution in [0.5, 0.6) is 0 Å². The fraction of sp³-hybridized carbons (Fsp3) is 0.333. The largest absolute Gasteiger partial charge is 0.390 e. The molecule has 2 rings (SSSR count). The quantitative estimate of drug-likeness (QED) is 0.817. The van der Waals surface area contributed by atoms with Gasteiger partial charge in [0.25, 0.3) is 5.56 Å². The van der Waals surface area contributed by atoms with Gasteiger partial charge in [-0.1, -0.05) is 23.5 Å². The average Bonchev–Trinajstić information content (AvgIpc) is 2.35. The van der Waals surface area contributed by atoms with Gasteiger partial charge in [-0.25, -0.2) is 0 Å². The van der Waals surface area contributed by atoms with Crippen LogP contribution in [0.3, 0.4) is 0 Å². The van der Waals surface area contributed by atoms with Crippen LogP contribution in [-0.2, 0) is 6.54 Å². The minimum atomic E-state index is -0.756. The van der Waals surface area contributed by atoms with Crippen molar-refractivity contribution in [2.24, 2.45) is 0 Å². The highest BCUT2D eigenvalue weighted by atomic mass is 32.1. The Morgan fingerprint density at radius 2 is 2.11 bits per heavy atom. The van der Waals surface area contributed by atoms with Gasteiger partial charge in [-0.3, -0.25) is 14.2 Å². The van der Waals surface area contributed by atoms with Gasteiger partial charge in [0, 0.05) is 11.2 Å². The first-order valence-electron chi connectivity index (χ1n) is 5.59. The zero-order valence-corrected chi connectivity index (χ0v) is 10.7. The maximum Gasteiger partial charge on any atom is 0.310 e. The summed E-state index contributed by atoms with van der Waals surface area (Å²) in [7, 11) is 1.70. The van der Waals surface area contributed by atoms with E-state index in [9.17, 15) is 14.7 Å². The minimum absolute atomic E-state index is 0.0137. The normalized spacial score (nSPS) is 12.8. The van der Waals surface area contributed by atoms with E-state index < -0.39 is 6.10 Å². The van der Waals surface area contributed by atoms with E-state index in [0.29, 0.717) is 16.6 Å². The lowest BCUT2D eigenvalue weighted by molar-refractivity contribution is 0.152. The second-order valence-electron chi connectivity index (χ2n) is 3.99. The SMILES string of the molecule is CNCC(O)Cn1c(=O)sc2ccccc2c1=O. The van der Waals surface area contributed by atoms with Gasteiger partial charge in [0.1, 0.15) is 0 Å². The van der Waals surface area contributed by atoms with Crippen molar-refractivity contribution in [2.75, 3.05) is 13.6 Å². The second kappa shape index (κ2) is 5.43. The summed E-state index contributed by atoms with van der Waals surface area (Å²) in [6.07, 6.45) is -0.756. The Hall–Kier alpha value is -1.50. The van der Waals surface area contributed by atoms with Crippen LogP contribution >= 0.6 is 11.3 Å². The summed E-state index contributed by atoms with van der Waals surface area (Å²) in [5.41, 5.74) is -0.343. The van der Waals surface area contributed by atoms with Crippen LogP contribution in [0.1, 0.15) is 0 Å². The van der Waals surface area contributed by atoms with Crippen molar-refractivity contribution in [3.8, 4) is 0 Å². The van der Waals surface area contributed by atoms with E-state index in [4.69, 9.17) is 0 Å². The van der Waals surface area contributed by atoms with Gasteiger partial charge < -0.3 is 10.4 Å². The molecule has 0 aliphatic heterocycles. The standard InChI is InChI=1S/C12H14N2O3S/c1-13-6-8(15)7-14-11(16)9-4-2-3-5-10(9)18-12(14)17/h2-5,8,13,15H,6-7H2,1H3. The van der Waals surface area contributed by atoms with Crippen molar-refractivity contribution < 1.29 is 5.11 Å². The number of hydrogen-bond donors (Lipinski definition) is 2.